The van der Waals surface area contributed by atoms with E-state index in [-0.39, 0.29) is 31.6 Å². The van der Waals surface area contributed by atoms with Crippen molar-refractivity contribution in [2.75, 3.05) is 13.2 Å². The van der Waals surface area contributed by atoms with Gasteiger partial charge in [0.25, 0.3) is 0 Å². The third kappa shape index (κ3) is 4.92. The molecule has 2 fully saturated rings. The number of fused-ring (bicyclic) bond motifs is 2. The van der Waals surface area contributed by atoms with Crippen LogP contribution in [0, 0.1) is 5.82 Å². The summed E-state index contributed by atoms with van der Waals surface area (Å²) in [5.74, 6) is -2.20. The van der Waals surface area contributed by atoms with Crippen molar-refractivity contribution >= 4 is 6.09 Å². The van der Waals surface area contributed by atoms with Crippen molar-refractivity contribution in [3.63, 3.8) is 0 Å². The molecule has 2 unspecified atom stereocenters. The first-order chi connectivity index (χ1) is 13.3. The van der Waals surface area contributed by atoms with Crippen LogP contribution in [-0.4, -0.2) is 53.4 Å². The quantitative estimate of drug-likeness (QED) is 0.738. The minimum atomic E-state index is -5.02. The first kappa shape index (κ1) is 21.6. The third-order valence-electron chi connectivity index (χ3n) is 4.85. The van der Waals surface area contributed by atoms with Gasteiger partial charge >= 0.3 is 12.5 Å². The van der Waals surface area contributed by atoms with E-state index in [1.54, 1.807) is 20.8 Å². The summed E-state index contributed by atoms with van der Waals surface area (Å²) in [6.45, 7) is 5.55. The first-order valence-electron chi connectivity index (χ1n) is 9.15. The van der Waals surface area contributed by atoms with Crippen LogP contribution >= 0.6 is 0 Å². The van der Waals surface area contributed by atoms with E-state index < -0.39 is 47.3 Å². The molecule has 1 aromatic rings. The number of carbonyl (C=O) groups is 1. The van der Waals surface area contributed by atoms with Crippen molar-refractivity contribution in [1.29, 1.82) is 0 Å². The molecule has 0 aromatic heterocycles. The monoisotopic (exact) mass is 421 g/mol. The predicted molar refractivity (Wildman–Crippen MR) is 92.7 cm³/mol. The number of carbonyl (C=O) groups excluding carboxylic acids is 1. The smallest absolute Gasteiger partial charge is 0.444 e. The SMILES string of the molecule is CC(C)(C)OC(=O)N1C2COCC1CC(O)(c1ccc(OC(F)(F)F)c(F)c1)C2. The molecule has 1 amide bonds. The Hall–Kier alpha value is -2.07. The van der Waals surface area contributed by atoms with Gasteiger partial charge in [0.2, 0.25) is 0 Å². The zero-order valence-corrected chi connectivity index (χ0v) is 16.3. The predicted octanol–water partition coefficient (Wildman–Crippen LogP) is 3.71. The van der Waals surface area contributed by atoms with Gasteiger partial charge in [-0.2, -0.15) is 0 Å². The maximum absolute atomic E-state index is 14.1. The van der Waals surface area contributed by atoms with Gasteiger partial charge in [0, 0.05) is 12.8 Å². The summed E-state index contributed by atoms with van der Waals surface area (Å²) in [5, 5.41) is 11.2. The van der Waals surface area contributed by atoms with Crippen LogP contribution in [0.15, 0.2) is 18.2 Å². The Morgan fingerprint density at radius 1 is 1.21 bits per heavy atom. The van der Waals surface area contributed by atoms with Crippen LogP contribution in [0.4, 0.5) is 22.4 Å². The number of piperidine rings is 1. The van der Waals surface area contributed by atoms with Crippen LogP contribution in [0.3, 0.4) is 0 Å². The van der Waals surface area contributed by atoms with Crippen LogP contribution < -0.4 is 4.74 Å². The van der Waals surface area contributed by atoms with E-state index in [0.717, 1.165) is 12.1 Å². The van der Waals surface area contributed by atoms with Gasteiger partial charge in [-0.1, -0.05) is 6.07 Å². The fourth-order valence-corrected chi connectivity index (χ4v) is 3.82. The highest BCUT2D eigenvalue weighted by Crippen LogP contribution is 2.42. The summed E-state index contributed by atoms with van der Waals surface area (Å²) < 4.78 is 65.7. The number of hydrogen-bond acceptors (Lipinski definition) is 5. The molecule has 29 heavy (non-hydrogen) atoms. The molecule has 162 valence electrons. The van der Waals surface area contributed by atoms with Gasteiger partial charge in [-0.05, 0) is 38.5 Å². The van der Waals surface area contributed by atoms with Gasteiger partial charge in [-0.15, -0.1) is 13.2 Å². The van der Waals surface area contributed by atoms with Gasteiger partial charge in [-0.3, -0.25) is 4.90 Å². The summed E-state index contributed by atoms with van der Waals surface area (Å²) in [7, 11) is 0. The minimum Gasteiger partial charge on any atom is -0.444 e. The van der Waals surface area contributed by atoms with E-state index in [2.05, 4.69) is 4.74 Å². The Kier molecular flexibility index (Phi) is 5.46. The van der Waals surface area contributed by atoms with E-state index in [9.17, 15) is 27.5 Å². The summed E-state index contributed by atoms with van der Waals surface area (Å²) in [4.78, 5) is 14.1. The molecule has 2 bridgehead atoms. The molecule has 2 atom stereocenters. The summed E-state index contributed by atoms with van der Waals surface area (Å²) in [5.41, 5.74) is -2.11. The molecule has 10 heteroatoms. The van der Waals surface area contributed by atoms with E-state index in [1.165, 1.54) is 11.0 Å². The van der Waals surface area contributed by atoms with Gasteiger partial charge in [0.05, 0.1) is 30.9 Å². The number of alkyl halides is 3. The summed E-state index contributed by atoms with van der Waals surface area (Å²) in [6, 6.07) is 1.83. The van der Waals surface area contributed by atoms with E-state index in [1.807, 2.05) is 0 Å². The van der Waals surface area contributed by atoms with Crippen LogP contribution in [0.5, 0.6) is 5.75 Å². The molecule has 1 aromatic carbocycles. The van der Waals surface area contributed by atoms with Gasteiger partial charge in [0.1, 0.15) is 5.60 Å². The number of rotatable bonds is 2. The Morgan fingerprint density at radius 2 is 1.79 bits per heavy atom. The van der Waals surface area contributed by atoms with Gasteiger partial charge in [-0.25, -0.2) is 9.18 Å². The van der Waals surface area contributed by atoms with E-state index >= 15 is 0 Å². The molecular weight excluding hydrogens is 398 g/mol. The second kappa shape index (κ2) is 7.32. The van der Waals surface area contributed by atoms with Crippen LogP contribution in [0.1, 0.15) is 39.2 Å². The highest BCUT2D eigenvalue weighted by atomic mass is 19.4. The number of hydrogen-bond donors (Lipinski definition) is 1. The topological polar surface area (TPSA) is 68.2 Å². The molecule has 2 aliphatic rings. The maximum atomic E-state index is 14.1. The number of benzene rings is 1. The van der Waals surface area contributed by atoms with Crippen molar-refractivity contribution < 1.29 is 41.7 Å². The van der Waals surface area contributed by atoms with Crippen molar-refractivity contribution in [2.45, 2.75) is 63.3 Å². The lowest BCUT2D eigenvalue weighted by atomic mass is 9.77. The average Bonchev–Trinajstić information content (AvgIpc) is 2.53. The largest absolute Gasteiger partial charge is 0.573 e. The fraction of sp³-hybridized carbons (Fsp3) is 0.632. The molecule has 2 heterocycles. The van der Waals surface area contributed by atoms with Crippen molar-refractivity contribution in [3.8, 4) is 5.75 Å². The lowest BCUT2D eigenvalue weighted by Crippen LogP contribution is -2.63. The highest BCUT2D eigenvalue weighted by molar-refractivity contribution is 5.69. The molecule has 0 aliphatic carbocycles. The lowest BCUT2D eigenvalue weighted by Gasteiger charge is -2.51. The van der Waals surface area contributed by atoms with E-state index in [0.29, 0.717) is 0 Å². The highest BCUT2D eigenvalue weighted by Gasteiger charge is 2.50. The number of halogens is 4. The molecule has 0 radical (unpaired) electrons. The number of aliphatic hydroxyl groups is 1. The lowest BCUT2D eigenvalue weighted by molar-refractivity contribution is -0.275. The molecule has 6 nitrogen and oxygen atoms in total. The maximum Gasteiger partial charge on any atom is 0.573 e. The Balaban J connectivity index is 1.82. The standard InChI is InChI=1S/C19H23F4NO5/c1-17(2,3)29-16(25)24-12-7-18(26,8-13(24)10-27-9-12)11-4-5-15(14(20)6-11)28-19(21,22)23/h4-6,12-13,26H,7-10H2,1-3H3. The Morgan fingerprint density at radius 3 is 2.28 bits per heavy atom. The van der Waals surface area contributed by atoms with Gasteiger partial charge < -0.3 is 19.3 Å². The molecule has 1 N–H and O–H groups in total. The summed E-state index contributed by atoms with van der Waals surface area (Å²) >= 11 is 0. The second-order valence-electron chi connectivity index (χ2n) is 8.37. The summed E-state index contributed by atoms with van der Waals surface area (Å²) in [6.07, 6.45) is -5.49. The molecule has 2 saturated heterocycles. The Bertz CT molecular complexity index is 763. The third-order valence-corrected chi connectivity index (χ3v) is 4.85. The number of amides is 1. The average molecular weight is 421 g/mol. The van der Waals surface area contributed by atoms with Crippen molar-refractivity contribution in [3.05, 3.63) is 29.6 Å². The molecule has 2 aliphatic heterocycles. The molecule has 0 saturated carbocycles. The van der Waals surface area contributed by atoms with E-state index in [4.69, 9.17) is 9.47 Å². The normalized spacial score (nSPS) is 27.5. The number of nitrogens with zero attached hydrogens (tertiary/aromatic N) is 1. The zero-order valence-electron chi connectivity index (χ0n) is 16.3. The first-order valence-corrected chi connectivity index (χ1v) is 9.15. The van der Waals surface area contributed by atoms with Crippen LogP contribution in [-0.2, 0) is 15.1 Å². The van der Waals surface area contributed by atoms with Crippen molar-refractivity contribution in [2.24, 2.45) is 0 Å². The minimum absolute atomic E-state index is 0.0294. The molecule has 0 spiro atoms. The van der Waals surface area contributed by atoms with Crippen molar-refractivity contribution in [1.82, 2.24) is 4.90 Å². The number of morpholine rings is 1. The molecular formula is C19H23F4NO5. The molecule has 3 rings (SSSR count). The number of ether oxygens (including phenoxy) is 3. The Labute approximate surface area is 165 Å². The van der Waals surface area contributed by atoms with Crippen LogP contribution in [0.2, 0.25) is 0 Å². The second-order valence-corrected chi connectivity index (χ2v) is 8.37. The van der Waals surface area contributed by atoms with Crippen LogP contribution in [0.25, 0.3) is 0 Å². The van der Waals surface area contributed by atoms with Gasteiger partial charge in [0.15, 0.2) is 11.6 Å². The zero-order chi connectivity index (χ0) is 21.6. The fourth-order valence-electron chi connectivity index (χ4n) is 3.82.